The Labute approximate surface area is 233 Å². The normalized spacial score (nSPS) is 14.9. The fourth-order valence-electron chi connectivity index (χ4n) is 5.03. The second-order valence-corrected chi connectivity index (χ2v) is 11.1. The minimum atomic E-state index is -0.119. The van der Waals surface area contributed by atoms with Crippen molar-refractivity contribution in [3.05, 3.63) is 69.6 Å². The third kappa shape index (κ3) is 6.50. The molecule has 1 aliphatic carbocycles. The predicted molar refractivity (Wildman–Crippen MR) is 156 cm³/mol. The number of aryl methyl sites for hydroxylation is 2. The third-order valence-electron chi connectivity index (χ3n) is 7.10. The third-order valence-corrected chi connectivity index (χ3v) is 8.30. The van der Waals surface area contributed by atoms with Crippen LogP contribution in [0.25, 0.3) is 0 Å². The summed E-state index contributed by atoms with van der Waals surface area (Å²) in [5.74, 6) is 0.982. The van der Waals surface area contributed by atoms with Crippen LogP contribution in [0.3, 0.4) is 0 Å². The van der Waals surface area contributed by atoms with Gasteiger partial charge in [0.1, 0.15) is 5.00 Å². The molecule has 2 heterocycles. The molecule has 0 bridgehead atoms. The standard InChI is InChI=1S/C31H35N3O4S/c1-3-37-26-18-22(12-15-25(26)38-20-28(35)34-16-6-7-17-34)19-32-31-29(24-8-4-5-9-27(24)39-31)30(36)33-23-13-10-21(2)11-14-23/h10-15,18-19H,3-9,16-17,20H2,1-2H3,(H,33,36). The molecule has 0 atom stereocenters. The minimum absolute atomic E-state index is 0.00121. The molecular formula is C31H35N3O4S. The molecule has 1 saturated heterocycles. The molecule has 2 aliphatic rings. The topological polar surface area (TPSA) is 80.2 Å². The molecular weight excluding hydrogens is 510 g/mol. The van der Waals surface area contributed by atoms with Crippen molar-refractivity contribution < 1.29 is 19.1 Å². The van der Waals surface area contributed by atoms with Crippen LogP contribution in [0.5, 0.6) is 11.5 Å². The van der Waals surface area contributed by atoms with Crippen LogP contribution < -0.4 is 14.8 Å². The number of rotatable bonds is 9. The van der Waals surface area contributed by atoms with Gasteiger partial charge in [0, 0.05) is 29.9 Å². The molecule has 7 nitrogen and oxygen atoms in total. The highest BCUT2D eigenvalue weighted by Crippen LogP contribution is 2.40. The van der Waals surface area contributed by atoms with Crippen LogP contribution in [0, 0.1) is 6.92 Å². The number of amides is 2. The summed E-state index contributed by atoms with van der Waals surface area (Å²) in [4.78, 5) is 33.7. The Morgan fingerprint density at radius 3 is 2.54 bits per heavy atom. The summed E-state index contributed by atoms with van der Waals surface area (Å²) in [5, 5.41) is 3.79. The summed E-state index contributed by atoms with van der Waals surface area (Å²) < 4.78 is 11.7. The summed E-state index contributed by atoms with van der Waals surface area (Å²) >= 11 is 1.61. The zero-order valence-electron chi connectivity index (χ0n) is 22.6. The molecule has 0 saturated carbocycles. The van der Waals surface area contributed by atoms with Crippen molar-refractivity contribution in [3.63, 3.8) is 0 Å². The monoisotopic (exact) mass is 545 g/mol. The minimum Gasteiger partial charge on any atom is -0.490 e. The Hall–Kier alpha value is -3.65. The van der Waals surface area contributed by atoms with Crippen LogP contribution in [0.2, 0.25) is 0 Å². The smallest absolute Gasteiger partial charge is 0.260 e. The first-order valence-electron chi connectivity index (χ1n) is 13.8. The maximum atomic E-state index is 13.4. The number of fused-ring (bicyclic) bond motifs is 1. The fourth-order valence-corrected chi connectivity index (χ4v) is 6.26. The second-order valence-electron chi connectivity index (χ2n) is 9.99. The number of likely N-dealkylation sites (tertiary alicyclic amines) is 1. The highest BCUT2D eigenvalue weighted by molar-refractivity contribution is 7.16. The molecule has 0 spiro atoms. The second kappa shape index (κ2) is 12.5. The highest BCUT2D eigenvalue weighted by atomic mass is 32.1. The predicted octanol–water partition coefficient (Wildman–Crippen LogP) is 6.34. The van der Waals surface area contributed by atoms with E-state index in [1.165, 1.54) is 4.88 Å². The van der Waals surface area contributed by atoms with Gasteiger partial charge in [-0.05, 0) is 93.8 Å². The van der Waals surface area contributed by atoms with Crippen LogP contribution in [0.4, 0.5) is 10.7 Å². The van der Waals surface area contributed by atoms with Crippen LogP contribution in [-0.4, -0.2) is 49.2 Å². The van der Waals surface area contributed by atoms with Gasteiger partial charge in [0.25, 0.3) is 11.8 Å². The average molecular weight is 546 g/mol. The Morgan fingerprint density at radius 1 is 1.00 bits per heavy atom. The van der Waals surface area contributed by atoms with Gasteiger partial charge < -0.3 is 19.7 Å². The van der Waals surface area contributed by atoms with E-state index in [-0.39, 0.29) is 18.4 Å². The number of hydrogen-bond donors (Lipinski definition) is 1. The van der Waals surface area contributed by atoms with Crippen LogP contribution >= 0.6 is 11.3 Å². The van der Waals surface area contributed by atoms with Gasteiger partial charge in [-0.25, -0.2) is 4.99 Å². The van der Waals surface area contributed by atoms with Crippen molar-refractivity contribution in [1.29, 1.82) is 0 Å². The van der Waals surface area contributed by atoms with Gasteiger partial charge in [0.2, 0.25) is 0 Å². The van der Waals surface area contributed by atoms with Gasteiger partial charge in [-0.1, -0.05) is 17.7 Å². The van der Waals surface area contributed by atoms with Crippen molar-refractivity contribution >= 4 is 40.1 Å². The molecule has 39 heavy (non-hydrogen) atoms. The van der Waals surface area contributed by atoms with Crippen LogP contribution in [-0.2, 0) is 17.6 Å². The summed E-state index contributed by atoms with van der Waals surface area (Å²) in [7, 11) is 0. The van der Waals surface area contributed by atoms with E-state index in [0.29, 0.717) is 23.7 Å². The Morgan fingerprint density at radius 2 is 1.77 bits per heavy atom. The maximum Gasteiger partial charge on any atom is 0.260 e. The molecule has 3 aromatic rings. The molecule has 5 rings (SSSR count). The van der Waals surface area contributed by atoms with E-state index in [4.69, 9.17) is 14.5 Å². The van der Waals surface area contributed by atoms with Gasteiger partial charge in [0.05, 0.1) is 12.2 Å². The summed E-state index contributed by atoms with van der Waals surface area (Å²) in [6.07, 6.45) is 7.96. The molecule has 0 unspecified atom stereocenters. The number of hydrogen-bond acceptors (Lipinski definition) is 6. The lowest BCUT2D eigenvalue weighted by molar-refractivity contribution is -0.132. The number of aliphatic imine (C=N–C) groups is 1. The number of ether oxygens (including phenoxy) is 2. The zero-order valence-corrected chi connectivity index (χ0v) is 23.4. The van der Waals surface area contributed by atoms with E-state index in [9.17, 15) is 9.59 Å². The Kier molecular flexibility index (Phi) is 8.61. The van der Waals surface area contributed by atoms with Crippen LogP contribution in [0.15, 0.2) is 47.5 Å². The molecule has 1 aliphatic heterocycles. The van der Waals surface area contributed by atoms with E-state index < -0.39 is 0 Å². The summed E-state index contributed by atoms with van der Waals surface area (Å²) in [6, 6.07) is 13.4. The number of benzene rings is 2. The fraction of sp³-hybridized carbons (Fsp3) is 0.387. The molecule has 2 aromatic carbocycles. The number of carbonyl (C=O) groups is 2. The van der Waals surface area contributed by atoms with Gasteiger partial charge >= 0.3 is 0 Å². The van der Waals surface area contributed by atoms with Gasteiger partial charge in [0.15, 0.2) is 18.1 Å². The lowest BCUT2D eigenvalue weighted by atomic mass is 9.95. The van der Waals surface area contributed by atoms with Crippen molar-refractivity contribution in [2.45, 2.75) is 52.4 Å². The average Bonchev–Trinajstić information content (AvgIpc) is 3.61. The van der Waals surface area contributed by atoms with Crippen molar-refractivity contribution in [1.82, 2.24) is 4.90 Å². The van der Waals surface area contributed by atoms with E-state index in [1.54, 1.807) is 17.6 Å². The van der Waals surface area contributed by atoms with Gasteiger partial charge in [-0.2, -0.15) is 0 Å². The largest absolute Gasteiger partial charge is 0.490 e. The molecule has 2 amide bonds. The van der Waals surface area contributed by atoms with Gasteiger partial charge in [-0.15, -0.1) is 11.3 Å². The number of anilines is 1. The van der Waals surface area contributed by atoms with Crippen molar-refractivity contribution in [2.24, 2.45) is 4.99 Å². The number of thiophene rings is 1. The quantitative estimate of drug-likeness (QED) is 0.318. The van der Waals surface area contributed by atoms with E-state index in [0.717, 1.165) is 79.0 Å². The molecule has 204 valence electrons. The molecule has 1 aromatic heterocycles. The number of nitrogens with zero attached hydrogens (tertiary/aromatic N) is 2. The van der Waals surface area contributed by atoms with E-state index >= 15 is 0 Å². The molecule has 1 N–H and O–H groups in total. The summed E-state index contributed by atoms with van der Waals surface area (Å²) in [5.41, 5.74) is 4.55. The first-order valence-corrected chi connectivity index (χ1v) is 14.6. The van der Waals surface area contributed by atoms with Crippen molar-refractivity contribution in [2.75, 3.05) is 31.6 Å². The SMILES string of the molecule is CCOc1cc(C=Nc2sc3c(c2C(=O)Nc2ccc(C)cc2)CCCC3)ccc1OCC(=O)N1CCCC1. The number of carbonyl (C=O) groups excluding carboxylic acids is 2. The Bertz CT molecular complexity index is 1360. The molecule has 8 heteroatoms. The number of nitrogens with one attached hydrogen (secondary N) is 1. The van der Waals surface area contributed by atoms with E-state index in [2.05, 4.69) is 5.32 Å². The first-order chi connectivity index (χ1) is 19.0. The van der Waals surface area contributed by atoms with Crippen LogP contribution in [0.1, 0.15) is 64.5 Å². The lowest BCUT2D eigenvalue weighted by Crippen LogP contribution is -2.32. The molecule has 0 radical (unpaired) electrons. The maximum absolute atomic E-state index is 13.4. The lowest BCUT2D eigenvalue weighted by Gasteiger charge is -2.17. The van der Waals surface area contributed by atoms with E-state index in [1.807, 2.05) is 61.2 Å². The van der Waals surface area contributed by atoms with Gasteiger partial charge in [-0.3, -0.25) is 9.59 Å². The molecule has 1 fully saturated rings. The summed E-state index contributed by atoms with van der Waals surface area (Å²) in [6.45, 7) is 6.00. The first kappa shape index (κ1) is 26.9. The Balaban J connectivity index is 1.36. The van der Waals surface area contributed by atoms with Crippen molar-refractivity contribution in [3.8, 4) is 11.5 Å². The zero-order chi connectivity index (χ0) is 27.2. The highest BCUT2D eigenvalue weighted by Gasteiger charge is 2.25.